The van der Waals surface area contributed by atoms with E-state index in [9.17, 15) is 8.42 Å². The first-order valence-electron chi connectivity index (χ1n) is 5.35. The summed E-state index contributed by atoms with van der Waals surface area (Å²) in [5, 5.41) is 0.504. The van der Waals surface area contributed by atoms with E-state index in [1.165, 1.54) is 12.1 Å². The van der Waals surface area contributed by atoms with Crippen LogP contribution in [0.25, 0.3) is 0 Å². The lowest BCUT2D eigenvalue weighted by atomic mass is 10.3. The van der Waals surface area contributed by atoms with Gasteiger partial charge in [0.2, 0.25) is 10.0 Å². The van der Waals surface area contributed by atoms with E-state index in [-0.39, 0.29) is 4.90 Å². The highest BCUT2D eigenvalue weighted by Gasteiger charge is 2.13. The molecule has 1 N–H and O–H groups in total. The van der Waals surface area contributed by atoms with Gasteiger partial charge in [-0.1, -0.05) is 11.6 Å². The number of halogens is 1. The molecular formula is C12H12ClNO3S. The lowest BCUT2D eigenvalue weighted by Gasteiger charge is -2.05. The summed E-state index contributed by atoms with van der Waals surface area (Å²) in [6, 6.07) is 9.60. The van der Waals surface area contributed by atoms with Gasteiger partial charge in [0.1, 0.15) is 5.76 Å². The van der Waals surface area contributed by atoms with Gasteiger partial charge in [-0.05, 0) is 36.4 Å². The zero-order valence-electron chi connectivity index (χ0n) is 9.47. The van der Waals surface area contributed by atoms with Crippen molar-refractivity contribution < 1.29 is 12.8 Å². The Hall–Kier alpha value is -1.30. The Bertz CT molecular complexity index is 591. The topological polar surface area (TPSA) is 59.3 Å². The molecule has 2 aromatic rings. The minimum atomic E-state index is -3.48. The number of furan rings is 1. The Kier molecular flexibility index (Phi) is 4.06. The van der Waals surface area contributed by atoms with E-state index in [1.54, 1.807) is 30.5 Å². The van der Waals surface area contributed by atoms with Crippen molar-refractivity contribution in [2.75, 3.05) is 6.54 Å². The van der Waals surface area contributed by atoms with Crippen LogP contribution >= 0.6 is 11.6 Å². The third kappa shape index (κ3) is 3.35. The first kappa shape index (κ1) is 13.1. The monoisotopic (exact) mass is 285 g/mol. The van der Waals surface area contributed by atoms with Gasteiger partial charge >= 0.3 is 0 Å². The summed E-state index contributed by atoms with van der Waals surface area (Å²) < 4.78 is 31.4. The van der Waals surface area contributed by atoms with Crippen LogP contribution in [-0.2, 0) is 16.4 Å². The fourth-order valence-corrected chi connectivity index (χ4v) is 2.62. The quantitative estimate of drug-likeness (QED) is 0.918. The number of benzene rings is 1. The zero-order chi connectivity index (χ0) is 13.0. The van der Waals surface area contributed by atoms with Crippen molar-refractivity contribution in [1.82, 2.24) is 4.72 Å². The van der Waals surface area contributed by atoms with E-state index in [0.29, 0.717) is 18.0 Å². The molecule has 1 aromatic heterocycles. The number of hydrogen-bond donors (Lipinski definition) is 1. The van der Waals surface area contributed by atoms with Crippen molar-refractivity contribution in [2.45, 2.75) is 11.3 Å². The highest BCUT2D eigenvalue weighted by molar-refractivity contribution is 7.89. The number of hydrogen-bond acceptors (Lipinski definition) is 3. The van der Waals surface area contributed by atoms with Crippen LogP contribution < -0.4 is 4.72 Å². The Morgan fingerprint density at radius 3 is 2.50 bits per heavy atom. The summed E-state index contributed by atoms with van der Waals surface area (Å²) in [5.74, 6) is 0.744. The van der Waals surface area contributed by atoms with Gasteiger partial charge in [-0.25, -0.2) is 13.1 Å². The van der Waals surface area contributed by atoms with Crippen LogP contribution in [0.2, 0.25) is 5.02 Å². The summed E-state index contributed by atoms with van der Waals surface area (Å²) in [6.07, 6.45) is 2.07. The summed E-state index contributed by atoms with van der Waals surface area (Å²) in [5.41, 5.74) is 0. The van der Waals surface area contributed by atoms with E-state index in [1.807, 2.05) is 0 Å². The lowest BCUT2D eigenvalue weighted by Crippen LogP contribution is -2.25. The van der Waals surface area contributed by atoms with Crippen molar-refractivity contribution in [1.29, 1.82) is 0 Å². The second-order valence-corrected chi connectivity index (χ2v) is 5.88. The largest absolute Gasteiger partial charge is 0.469 e. The van der Waals surface area contributed by atoms with Gasteiger partial charge in [-0.3, -0.25) is 0 Å². The molecule has 18 heavy (non-hydrogen) atoms. The normalized spacial score (nSPS) is 11.6. The third-order valence-electron chi connectivity index (χ3n) is 2.37. The molecule has 0 atom stereocenters. The molecule has 4 nitrogen and oxygen atoms in total. The van der Waals surface area contributed by atoms with Crippen molar-refractivity contribution in [3.8, 4) is 0 Å². The number of sulfonamides is 1. The molecule has 0 bridgehead atoms. The van der Waals surface area contributed by atoms with E-state index in [4.69, 9.17) is 16.0 Å². The van der Waals surface area contributed by atoms with Crippen LogP contribution in [0.3, 0.4) is 0 Å². The van der Waals surface area contributed by atoms with Gasteiger partial charge < -0.3 is 4.42 Å². The average Bonchev–Trinajstić information content (AvgIpc) is 2.82. The molecule has 0 saturated heterocycles. The Morgan fingerprint density at radius 2 is 1.89 bits per heavy atom. The molecule has 1 heterocycles. The molecule has 0 aliphatic carbocycles. The van der Waals surface area contributed by atoms with Crippen LogP contribution in [0.4, 0.5) is 0 Å². The Balaban J connectivity index is 1.97. The summed E-state index contributed by atoms with van der Waals surface area (Å²) in [6.45, 7) is 0.290. The molecule has 0 spiro atoms. The Labute approximate surface area is 111 Å². The molecule has 2 rings (SSSR count). The SMILES string of the molecule is O=S(=O)(NCCc1ccco1)c1ccc(Cl)cc1. The third-order valence-corrected chi connectivity index (χ3v) is 4.10. The van der Waals surface area contributed by atoms with Gasteiger partial charge in [0.05, 0.1) is 11.2 Å². The fourth-order valence-electron chi connectivity index (χ4n) is 1.46. The molecule has 0 amide bonds. The lowest BCUT2D eigenvalue weighted by molar-refractivity contribution is 0.506. The first-order valence-corrected chi connectivity index (χ1v) is 7.22. The van der Waals surface area contributed by atoms with Crippen LogP contribution in [0.5, 0.6) is 0 Å². The molecule has 0 fully saturated rings. The Morgan fingerprint density at radius 1 is 1.17 bits per heavy atom. The molecule has 0 radical (unpaired) electrons. The first-order chi connectivity index (χ1) is 8.58. The molecule has 96 valence electrons. The molecule has 0 saturated carbocycles. The van der Waals surface area contributed by atoms with Crippen molar-refractivity contribution in [3.63, 3.8) is 0 Å². The van der Waals surface area contributed by atoms with E-state index in [2.05, 4.69) is 4.72 Å². The summed E-state index contributed by atoms with van der Waals surface area (Å²) in [7, 11) is -3.48. The van der Waals surface area contributed by atoms with Crippen LogP contribution in [-0.4, -0.2) is 15.0 Å². The standard InChI is InChI=1S/C12H12ClNO3S/c13-10-3-5-12(6-4-10)18(15,16)14-8-7-11-2-1-9-17-11/h1-6,9,14H,7-8H2. The van der Waals surface area contributed by atoms with Crippen LogP contribution in [0, 0.1) is 0 Å². The molecular weight excluding hydrogens is 274 g/mol. The fraction of sp³-hybridized carbons (Fsp3) is 0.167. The summed E-state index contributed by atoms with van der Waals surface area (Å²) >= 11 is 5.71. The predicted octanol–water partition coefficient (Wildman–Crippen LogP) is 2.45. The molecule has 1 aromatic carbocycles. The zero-order valence-corrected chi connectivity index (χ0v) is 11.0. The number of rotatable bonds is 5. The van der Waals surface area contributed by atoms with Crippen molar-refractivity contribution in [3.05, 3.63) is 53.4 Å². The van der Waals surface area contributed by atoms with E-state index >= 15 is 0 Å². The van der Waals surface area contributed by atoms with Crippen molar-refractivity contribution in [2.24, 2.45) is 0 Å². The minimum Gasteiger partial charge on any atom is -0.469 e. The molecule has 0 aliphatic rings. The van der Waals surface area contributed by atoms with Crippen molar-refractivity contribution >= 4 is 21.6 Å². The van der Waals surface area contributed by atoms with Crippen LogP contribution in [0.1, 0.15) is 5.76 Å². The van der Waals surface area contributed by atoms with Gasteiger partial charge in [-0.2, -0.15) is 0 Å². The highest BCUT2D eigenvalue weighted by Crippen LogP contribution is 2.13. The highest BCUT2D eigenvalue weighted by atomic mass is 35.5. The molecule has 6 heteroatoms. The number of nitrogens with one attached hydrogen (secondary N) is 1. The van der Waals surface area contributed by atoms with Gasteiger partial charge in [0, 0.05) is 18.0 Å². The van der Waals surface area contributed by atoms with Gasteiger partial charge in [-0.15, -0.1) is 0 Å². The van der Waals surface area contributed by atoms with E-state index < -0.39 is 10.0 Å². The predicted molar refractivity (Wildman–Crippen MR) is 69.1 cm³/mol. The molecule has 0 unspecified atom stereocenters. The molecule has 0 aliphatic heterocycles. The van der Waals surface area contributed by atoms with E-state index in [0.717, 1.165) is 5.76 Å². The van der Waals surface area contributed by atoms with Crippen LogP contribution in [0.15, 0.2) is 52.0 Å². The second kappa shape index (κ2) is 5.56. The maximum atomic E-state index is 11.9. The minimum absolute atomic E-state index is 0.200. The second-order valence-electron chi connectivity index (χ2n) is 3.68. The average molecular weight is 286 g/mol. The smallest absolute Gasteiger partial charge is 0.240 e. The maximum Gasteiger partial charge on any atom is 0.240 e. The maximum absolute atomic E-state index is 11.9. The summed E-state index contributed by atoms with van der Waals surface area (Å²) in [4.78, 5) is 0.200. The van der Waals surface area contributed by atoms with Gasteiger partial charge in [0.25, 0.3) is 0 Å². The van der Waals surface area contributed by atoms with Gasteiger partial charge in [0.15, 0.2) is 0 Å².